The van der Waals surface area contributed by atoms with Crippen molar-refractivity contribution in [2.45, 2.75) is 135 Å². The van der Waals surface area contributed by atoms with E-state index in [4.69, 9.17) is 0 Å². The number of likely N-dealkylation sites (N-methyl/N-ethyl adjacent to an activating group) is 5. The van der Waals surface area contributed by atoms with Gasteiger partial charge in [-0.2, -0.15) is 0 Å². The first-order chi connectivity index (χ1) is 41.6. The fourth-order valence-corrected chi connectivity index (χ4v) is 12.0. The molecule has 2 N–H and O–H groups in total. The molecule has 0 heterocycles. The van der Waals surface area contributed by atoms with Crippen molar-refractivity contribution in [2.75, 3.05) is 129 Å². The lowest BCUT2D eigenvalue weighted by Gasteiger charge is -2.33. The monoisotopic (exact) mass is 1560 g/mol. The predicted octanol–water partition coefficient (Wildman–Crippen LogP) is 8.30. The maximum absolute atomic E-state index is 12.9. The number of carbonyl (C=O) groups is 5. The van der Waals surface area contributed by atoms with E-state index in [1.807, 2.05) is 69.2 Å². The molecule has 0 spiro atoms. The predicted molar refractivity (Wildman–Crippen MR) is 386 cm³/mol. The van der Waals surface area contributed by atoms with Crippen molar-refractivity contribution in [3.05, 3.63) is 169 Å². The van der Waals surface area contributed by atoms with Gasteiger partial charge in [0.2, 0.25) is 5.91 Å². The number of hydrogen-bond acceptors (Lipinski definition) is 8. The Kier molecular flexibility index (Phi) is 47.4. The van der Waals surface area contributed by atoms with Gasteiger partial charge in [-0.15, -0.1) is 0 Å². The molecule has 0 saturated carbocycles. The summed E-state index contributed by atoms with van der Waals surface area (Å²) in [5, 5.41) is 9.16. The molecule has 5 aromatic carbocycles. The van der Waals surface area contributed by atoms with E-state index >= 15 is 0 Å². The molecule has 16 heteroatoms. The number of hydrogen-bond donors (Lipinski definition) is 2. The third kappa shape index (κ3) is 35.1. The minimum absolute atomic E-state index is 0. The molecule has 0 aromatic heterocycles. The third-order valence-electron chi connectivity index (χ3n) is 16.6. The van der Waals surface area contributed by atoms with E-state index in [0.29, 0.717) is 70.0 Å². The van der Waals surface area contributed by atoms with Crippen LogP contribution in [-0.2, 0) is 49.7 Å². The highest BCUT2D eigenvalue weighted by Crippen LogP contribution is 2.21. The van der Waals surface area contributed by atoms with Crippen molar-refractivity contribution in [3.63, 3.8) is 0 Å². The summed E-state index contributed by atoms with van der Waals surface area (Å²) < 4.78 is 1.57. The Hall–Kier alpha value is -3.55. The maximum atomic E-state index is 12.9. The van der Waals surface area contributed by atoms with Gasteiger partial charge >= 0.3 is 0 Å². The standard InChI is InChI=1S/C28H41N3O2.C17H27BrNO.C14H21NO.C12H17NO.C3H6Br2.2BrH/c1-8-31(7,20-25(32)18-26-21(2)12-9-13-22(26)3)17-11-16-30(6)19-27(33)29-28-23(4)14-10-15-24(28)5;1-5-19(4,11-7-10-18)13-16(20)12-17-14(2)8-6-9-15(17)3;1-5-15(4)10-13(16)9-14-11(2)7-6-8-12(14)3;1-9-5-4-6-10(2)12(9)7-11(14)8-13-3;4-2-1-3-5;;/h9-10,12-15H,8,11,16-20H2,1-7H3;6,8-9H,5,7,10-13H2,1-4H3;6-8H,5,9-10H2,1-4H3;4-6,13H,7-8H2,1-3H3;1-3H2;2*1H/q;+1;;;;;/p-1. The highest BCUT2D eigenvalue weighted by molar-refractivity contribution is 9.09. The van der Waals surface area contributed by atoms with Gasteiger partial charge in [0.05, 0.1) is 59.9 Å². The van der Waals surface area contributed by atoms with Crippen LogP contribution in [0.25, 0.3) is 0 Å². The second-order valence-corrected chi connectivity index (χ2v) is 26.9. The second kappa shape index (κ2) is 48.2. The first kappa shape index (κ1) is 88.5. The zero-order valence-corrected chi connectivity index (χ0v) is 66.2. The Balaban J connectivity index is 0. The zero-order chi connectivity index (χ0) is 66.6. The second-order valence-electron chi connectivity index (χ2n) is 24.5. The smallest absolute Gasteiger partial charge is 0.238 e. The Morgan fingerprint density at radius 1 is 0.433 bits per heavy atom. The number of anilines is 1. The third-order valence-corrected chi connectivity index (χ3v) is 18.3. The molecular weight excluding hydrogens is 1450 g/mol. The molecule has 5 rings (SSSR count). The summed E-state index contributed by atoms with van der Waals surface area (Å²) in [6, 6.07) is 30.8. The normalized spacial score (nSPS) is 11.9. The van der Waals surface area contributed by atoms with Gasteiger partial charge in [-0.1, -0.05) is 146 Å². The first-order valence-corrected chi connectivity index (χ1v) is 34.9. The molecule has 0 aliphatic carbocycles. The highest BCUT2D eigenvalue weighted by atomic mass is 79.9. The molecule has 5 aromatic rings. The lowest BCUT2D eigenvalue weighted by atomic mass is 9.98. The first-order valence-electron chi connectivity index (χ1n) is 31.6. The van der Waals surface area contributed by atoms with Gasteiger partial charge in [-0.3, -0.25) is 33.8 Å². The molecule has 0 bridgehead atoms. The van der Waals surface area contributed by atoms with Crippen molar-refractivity contribution in [2.24, 2.45) is 0 Å². The largest absolute Gasteiger partial charge is 1.00 e. The number of benzene rings is 5. The highest BCUT2D eigenvalue weighted by Gasteiger charge is 2.26. The van der Waals surface area contributed by atoms with E-state index in [-0.39, 0.29) is 51.4 Å². The molecule has 0 saturated heterocycles. The minimum Gasteiger partial charge on any atom is -1.00 e. The van der Waals surface area contributed by atoms with E-state index in [0.717, 1.165) is 93.9 Å². The summed E-state index contributed by atoms with van der Waals surface area (Å²) in [5.74, 6) is 1.18. The number of Topliss-reactive ketones (excluding diaryl/α,β-unsaturated/α-hetero) is 4. The van der Waals surface area contributed by atoms with Gasteiger partial charge in [0, 0.05) is 66.7 Å². The summed E-state index contributed by atoms with van der Waals surface area (Å²) in [5.41, 5.74) is 17.5. The SMILES string of the molecule is BrCCCBr.CCN(C)CC(=O)Cc1c(C)cccc1C.CC[N+](C)(CCCBr)CC(=O)Cc1c(C)cccc1C.CC[N+](C)(CCCN(C)CC(=O)Nc1c(C)cccc1C)CC(=O)Cc1c(C)cccc1C.CNCC(=O)Cc1c(C)cccc1C.[Br-].[Br-]. The molecular formula is C74H113Br5N6O5. The van der Waals surface area contributed by atoms with Crippen LogP contribution in [0.5, 0.6) is 0 Å². The molecule has 2 unspecified atom stereocenters. The molecule has 0 fully saturated rings. The Labute approximate surface area is 592 Å². The molecule has 2 atom stereocenters. The van der Waals surface area contributed by atoms with Gasteiger partial charge in [0.25, 0.3) is 0 Å². The van der Waals surface area contributed by atoms with E-state index in [1.165, 1.54) is 73.2 Å². The van der Waals surface area contributed by atoms with Gasteiger partial charge in [0.1, 0.15) is 13.1 Å². The van der Waals surface area contributed by atoms with Crippen molar-refractivity contribution in [1.82, 2.24) is 15.1 Å². The molecule has 0 aliphatic rings. The van der Waals surface area contributed by atoms with Crippen LogP contribution in [-0.4, -0.2) is 171 Å². The number of halogens is 5. The number of alkyl halides is 3. The van der Waals surface area contributed by atoms with Gasteiger partial charge in [-0.05, 0) is 195 Å². The van der Waals surface area contributed by atoms with E-state index in [9.17, 15) is 24.0 Å². The maximum Gasteiger partial charge on any atom is 0.238 e. The summed E-state index contributed by atoms with van der Waals surface area (Å²) >= 11 is 10.0. The number of quaternary nitrogens is 2. The summed E-state index contributed by atoms with van der Waals surface area (Å²) in [6.45, 7) is 35.1. The Morgan fingerprint density at radius 2 is 0.744 bits per heavy atom. The quantitative estimate of drug-likeness (QED) is 0.0337. The van der Waals surface area contributed by atoms with Crippen LogP contribution in [0.15, 0.2) is 91.0 Å². The number of ketones is 4. The van der Waals surface area contributed by atoms with E-state index in [1.54, 1.807) is 7.05 Å². The molecule has 0 radical (unpaired) electrons. The number of carbonyl (C=O) groups excluding carboxylic acids is 5. The van der Waals surface area contributed by atoms with E-state index in [2.05, 4.69) is 208 Å². The summed E-state index contributed by atoms with van der Waals surface area (Å²) in [7, 11) is 10.1. The Bertz CT molecular complexity index is 2840. The van der Waals surface area contributed by atoms with Crippen LogP contribution in [0.1, 0.15) is 118 Å². The number of amides is 1. The van der Waals surface area contributed by atoms with Crippen molar-refractivity contribution in [3.8, 4) is 0 Å². The molecule has 504 valence electrons. The molecule has 11 nitrogen and oxygen atoms in total. The van der Waals surface area contributed by atoms with Crippen molar-refractivity contribution in [1.29, 1.82) is 0 Å². The lowest BCUT2D eigenvalue weighted by Crippen LogP contribution is -3.00. The number of nitrogens with one attached hydrogen (secondary N) is 2. The van der Waals surface area contributed by atoms with Crippen LogP contribution in [0.3, 0.4) is 0 Å². The fourth-order valence-electron chi connectivity index (χ4n) is 10.4. The molecule has 1 amide bonds. The number of rotatable bonds is 31. The van der Waals surface area contributed by atoms with Crippen LogP contribution in [0.4, 0.5) is 5.69 Å². The van der Waals surface area contributed by atoms with Crippen molar-refractivity contribution >= 4 is 82.5 Å². The Morgan fingerprint density at radius 3 is 1.04 bits per heavy atom. The van der Waals surface area contributed by atoms with Crippen molar-refractivity contribution < 1.29 is 66.9 Å². The van der Waals surface area contributed by atoms with Gasteiger partial charge < -0.3 is 53.6 Å². The van der Waals surface area contributed by atoms with E-state index < -0.39 is 0 Å². The summed E-state index contributed by atoms with van der Waals surface area (Å²) in [4.78, 5) is 65.2. The van der Waals surface area contributed by atoms with Crippen LogP contribution >= 0.6 is 47.8 Å². The van der Waals surface area contributed by atoms with Gasteiger partial charge in [0.15, 0.2) is 23.1 Å². The van der Waals surface area contributed by atoms with Crippen LogP contribution in [0, 0.1) is 69.2 Å². The van der Waals surface area contributed by atoms with Crippen LogP contribution < -0.4 is 44.6 Å². The lowest BCUT2D eigenvalue weighted by molar-refractivity contribution is -0.900. The molecule has 90 heavy (non-hydrogen) atoms. The summed E-state index contributed by atoms with van der Waals surface area (Å²) in [6.07, 6.45) is 5.45. The minimum atomic E-state index is 0. The number of aryl methyl sites for hydroxylation is 10. The van der Waals surface area contributed by atoms with Crippen LogP contribution in [0.2, 0.25) is 0 Å². The average molecular weight is 1570 g/mol. The molecule has 0 aliphatic heterocycles. The fraction of sp³-hybridized carbons (Fsp3) is 0.527. The van der Waals surface area contributed by atoms with Gasteiger partial charge in [-0.25, -0.2) is 0 Å². The number of nitrogens with zero attached hydrogens (tertiary/aromatic N) is 4. The number of para-hydroxylation sites is 1. The topological polar surface area (TPSA) is 116 Å². The average Bonchev–Trinajstić information content (AvgIpc) is 3.40. The zero-order valence-electron chi connectivity index (χ0n) is 58.2.